The van der Waals surface area contributed by atoms with E-state index >= 15 is 0 Å². The lowest BCUT2D eigenvalue weighted by atomic mass is 9.92. The lowest BCUT2D eigenvalue weighted by molar-refractivity contribution is 0.102. The summed E-state index contributed by atoms with van der Waals surface area (Å²) in [6.45, 7) is 8.12. The molecule has 0 unspecified atom stereocenters. The first-order chi connectivity index (χ1) is 15.2. The van der Waals surface area contributed by atoms with Gasteiger partial charge in [0.05, 0.1) is 22.3 Å². The number of hydrogen-bond acceptors (Lipinski definition) is 6. The Kier molecular flexibility index (Phi) is 4.58. The van der Waals surface area contributed by atoms with Crippen LogP contribution in [0.3, 0.4) is 0 Å². The van der Waals surface area contributed by atoms with Crippen LogP contribution < -0.4 is 5.32 Å². The third kappa shape index (κ3) is 3.53. The van der Waals surface area contributed by atoms with Gasteiger partial charge in [-0.3, -0.25) is 9.48 Å². The number of carbonyl (C=O) groups is 1. The average molecular weight is 431 g/mol. The van der Waals surface area contributed by atoms with Crippen molar-refractivity contribution in [3.8, 4) is 5.95 Å². The number of nitrogens with zero attached hydrogens (tertiary/aromatic N) is 7. The standard InChI is InChI=1S/C23H26N8O/c1-13-19-15(11-16(14-7-8-14)26-20(19)30(5)28-13)21(32)27-18-12-17(23(2,3)4)29-31(18)22-24-9-6-10-25-22/h6,9-12,14H,7-8H2,1-5H3,(H,27,32). The molecule has 4 heterocycles. The number of anilines is 1. The zero-order valence-electron chi connectivity index (χ0n) is 18.9. The Morgan fingerprint density at radius 3 is 2.50 bits per heavy atom. The monoisotopic (exact) mass is 430 g/mol. The largest absolute Gasteiger partial charge is 0.306 e. The third-order valence-corrected chi connectivity index (χ3v) is 5.69. The van der Waals surface area contributed by atoms with Gasteiger partial charge in [0.1, 0.15) is 5.82 Å². The van der Waals surface area contributed by atoms with E-state index in [9.17, 15) is 4.79 Å². The van der Waals surface area contributed by atoms with Crippen LogP contribution in [0.15, 0.2) is 30.6 Å². The van der Waals surface area contributed by atoms with Crippen molar-refractivity contribution in [1.29, 1.82) is 0 Å². The van der Waals surface area contributed by atoms with E-state index in [1.165, 1.54) is 0 Å². The van der Waals surface area contributed by atoms with Gasteiger partial charge in [0.25, 0.3) is 11.9 Å². The van der Waals surface area contributed by atoms with E-state index in [2.05, 4.69) is 46.3 Å². The van der Waals surface area contributed by atoms with Crippen molar-refractivity contribution in [2.75, 3.05) is 5.32 Å². The van der Waals surface area contributed by atoms with Crippen LogP contribution in [0, 0.1) is 6.92 Å². The molecule has 1 saturated carbocycles. The molecule has 1 aliphatic carbocycles. The molecule has 0 atom stereocenters. The molecule has 1 fully saturated rings. The first-order valence-corrected chi connectivity index (χ1v) is 10.8. The number of aryl methyl sites for hydroxylation is 2. The fourth-order valence-corrected chi connectivity index (χ4v) is 3.80. The van der Waals surface area contributed by atoms with Crippen LogP contribution in [0.2, 0.25) is 0 Å². The molecule has 1 amide bonds. The summed E-state index contributed by atoms with van der Waals surface area (Å²) in [6, 6.07) is 5.53. The maximum Gasteiger partial charge on any atom is 0.257 e. The van der Waals surface area contributed by atoms with Gasteiger partial charge >= 0.3 is 0 Å². The molecule has 0 spiro atoms. The smallest absolute Gasteiger partial charge is 0.257 e. The molecule has 164 valence electrons. The van der Waals surface area contributed by atoms with Gasteiger partial charge in [-0.1, -0.05) is 20.8 Å². The predicted octanol–water partition coefficient (Wildman–Crippen LogP) is 3.68. The lowest BCUT2D eigenvalue weighted by Gasteiger charge is -2.13. The van der Waals surface area contributed by atoms with E-state index in [0.717, 1.165) is 41.0 Å². The molecule has 1 N–H and O–H groups in total. The molecule has 4 aromatic heterocycles. The van der Waals surface area contributed by atoms with E-state index in [1.807, 2.05) is 26.1 Å². The number of pyridine rings is 1. The van der Waals surface area contributed by atoms with Crippen LogP contribution in [-0.4, -0.2) is 40.4 Å². The highest BCUT2D eigenvalue weighted by Crippen LogP contribution is 2.40. The van der Waals surface area contributed by atoms with Gasteiger partial charge in [-0.2, -0.15) is 14.9 Å². The zero-order valence-corrected chi connectivity index (χ0v) is 18.9. The van der Waals surface area contributed by atoms with Crippen LogP contribution in [-0.2, 0) is 12.5 Å². The van der Waals surface area contributed by atoms with Crippen LogP contribution >= 0.6 is 0 Å². The maximum absolute atomic E-state index is 13.6. The molecule has 0 aliphatic heterocycles. The summed E-state index contributed by atoms with van der Waals surface area (Å²) in [5, 5.41) is 13.0. The minimum atomic E-state index is -0.229. The van der Waals surface area contributed by atoms with Crippen molar-refractivity contribution in [3.63, 3.8) is 0 Å². The van der Waals surface area contributed by atoms with Crippen LogP contribution in [0.1, 0.15) is 67.0 Å². The number of nitrogens with one attached hydrogen (secondary N) is 1. The Hall–Kier alpha value is -3.62. The van der Waals surface area contributed by atoms with Gasteiger partial charge in [0, 0.05) is 42.5 Å². The molecule has 0 aromatic carbocycles. The van der Waals surface area contributed by atoms with Gasteiger partial charge < -0.3 is 5.32 Å². The lowest BCUT2D eigenvalue weighted by Crippen LogP contribution is -2.17. The molecule has 9 heteroatoms. The van der Waals surface area contributed by atoms with Crippen molar-refractivity contribution < 1.29 is 4.79 Å². The summed E-state index contributed by atoms with van der Waals surface area (Å²) >= 11 is 0. The molecule has 4 aromatic rings. The van der Waals surface area contributed by atoms with Gasteiger partial charge in [-0.05, 0) is 31.9 Å². The number of aromatic nitrogens is 7. The van der Waals surface area contributed by atoms with Crippen LogP contribution in [0.5, 0.6) is 0 Å². The summed E-state index contributed by atoms with van der Waals surface area (Å²) in [4.78, 5) is 27.0. The van der Waals surface area contributed by atoms with E-state index in [1.54, 1.807) is 27.8 Å². The topological polar surface area (TPSA) is 103 Å². The number of hydrogen-bond donors (Lipinski definition) is 1. The second-order valence-electron chi connectivity index (χ2n) is 9.36. The molecule has 32 heavy (non-hydrogen) atoms. The SMILES string of the molecule is Cc1nn(C)c2nc(C3CC3)cc(C(=O)Nc3cc(C(C)(C)C)nn3-c3ncccn3)c12. The highest BCUT2D eigenvalue weighted by atomic mass is 16.1. The summed E-state index contributed by atoms with van der Waals surface area (Å²) in [6.07, 6.45) is 5.51. The first-order valence-electron chi connectivity index (χ1n) is 10.8. The fourth-order valence-electron chi connectivity index (χ4n) is 3.80. The first kappa shape index (κ1) is 20.3. The average Bonchev–Trinajstić information content (AvgIpc) is 3.45. The molecule has 0 bridgehead atoms. The van der Waals surface area contributed by atoms with Crippen molar-refractivity contribution in [2.24, 2.45) is 7.05 Å². The summed E-state index contributed by atoms with van der Waals surface area (Å²) in [5.74, 6) is 1.10. The second kappa shape index (κ2) is 7.22. The number of amides is 1. The third-order valence-electron chi connectivity index (χ3n) is 5.69. The summed E-state index contributed by atoms with van der Waals surface area (Å²) in [7, 11) is 1.86. The van der Waals surface area contributed by atoms with Crippen molar-refractivity contribution in [1.82, 2.24) is 34.5 Å². The minimum absolute atomic E-state index is 0.206. The van der Waals surface area contributed by atoms with E-state index in [4.69, 9.17) is 4.98 Å². The molecular formula is C23H26N8O. The second-order valence-corrected chi connectivity index (χ2v) is 9.36. The van der Waals surface area contributed by atoms with E-state index in [-0.39, 0.29) is 11.3 Å². The molecular weight excluding hydrogens is 404 g/mol. The zero-order chi connectivity index (χ0) is 22.6. The maximum atomic E-state index is 13.6. The van der Waals surface area contributed by atoms with Gasteiger partial charge in [0.15, 0.2) is 5.65 Å². The summed E-state index contributed by atoms with van der Waals surface area (Å²) in [5.41, 5.74) is 3.65. The van der Waals surface area contributed by atoms with Gasteiger partial charge in [0.2, 0.25) is 0 Å². The molecule has 0 radical (unpaired) electrons. The van der Waals surface area contributed by atoms with E-state index < -0.39 is 0 Å². The Morgan fingerprint density at radius 2 is 1.84 bits per heavy atom. The molecule has 5 rings (SSSR count). The Balaban J connectivity index is 1.60. The molecule has 1 aliphatic rings. The van der Waals surface area contributed by atoms with Gasteiger partial charge in [-0.25, -0.2) is 15.0 Å². The van der Waals surface area contributed by atoms with Crippen LogP contribution in [0.4, 0.5) is 5.82 Å². The van der Waals surface area contributed by atoms with Crippen molar-refractivity contribution in [3.05, 3.63) is 53.2 Å². The fraction of sp³-hybridized carbons (Fsp3) is 0.391. The molecule has 0 saturated heterocycles. The highest BCUT2D eigenvalue weighted by molar-refractivity contribution is 6.12. The summed E-state index contributed by atoms with van der Waals surface area (Å²) < 4.78 is 3.32. The number of carbonyl (C=O) groups excluding carboxylic acids is 1. The quantitative estimate of drug-likeness (QED) is 0.530. The van der Waals surface area contributed by atoms with Crippen LogP contribution in [0.25, 0.3) is 17.0 Å². The Labute approximate surface area is 185 Å². The van der Waals surface area contributed by atoms with Crippen molar-refractivity contribution in [2.45, 2.75) is 51.9 Å². The Bertz CT molecular complexity index is 1330. The molecule has 9 nitrogen and oxygen atoms in total. The minimum Gasteiger partial charge on any atom is -0.306 e. The van der Waals surface area contributed by atoms with Crippen molar-refractivity contribution >= 4 is 22.8 Å². The number of rotatable bonds is 4. The highest BCUT2D eigenvalue weighted by Gasteiger charge is 2.29. The number of fused-ring (bicyclic) bond motifs is 1. The predicted molar refractivity (Wildman–Crippen MR) is 121 cm³/mol. The Morgan fingerprint density at radius 1 is 1.12 bits per heavy atom. The van der Waals surface area contributed by atoms with Gasteiger partial charge in [-0.15, -0.1) is 0 Å². The normalized spacial score (nSPS) is 14.2. The van der Waals surface area contributed by atoms with E-state index in [0.29, 0.717) is 23.2 Å².